The highest BCUT2D eigenvalue weighted by Gasteiger charge is 2.17. The first kappa shape index (κ1) is 15.4. The van der Waals surface area contributed by atoms with Crippen LogP contribution in [0.4, 0.5) is 0 Å². The van der Waals surface area contributed by atoms with E-state index in [0.717, 1.165) is 12.1 Å². The number of carbonyl (C=O) groups excluding carboxylic acids is 1. The minimum Gasteiger partial charge on any atom is -0.496 e. The van der Waals surface area contributed by atoms with E-state index >= 15 is 0 Å². The van der Waals surface area contributed by atoms with E-state index in [4.69, 9.17) is 16.3 Å². The second kappa shape index (κ2) is 6.68. The maximum absolute atomic E-state index is 12.3. The summed E-state index contributed by atoms with van der Waals surface area (Å²) in [6.07, 6.45) is 4.64. The second-order valence-corrected chi connectivity index (χ2v) is 5.28. The van der Waals surface area contributed by atoms with E-state index in [1.165, 1.54) is 0 Å². The molecule has 1 heterocycles. The summed E-state index contributed by atoms with van der Waals surface area (Å²) in [6, 6.07) is 7.34. The lowest BCUT2D eigenvalue weighted by atomic mass is 10.1. The summed E-state index contributed by atoms with van der Waals surface area (Å²) in [6.45, 7) is 3.98. The number of amides is 1. The van der Waals surface area contributed by atoms with Crippen LogP contribution in [0.25, 0.3) is 5.69 Å². The molecular weight excluding hydrogens is 288 g/mol. The third-order valence-electron chi connectivity index (χ3n) is 3.39. The molecule has 1 unspecified atom stereocenters. The van der Waals surface area contributed by atoms with E-state index in [-0.39, 0.29) is 11.9 Å². The van der Waals surface area contributed by atoms with Gasteiger partial charge in [-0.25, -0.2) is 0 Å². The summed E-state index contributed by atoms with van der Waals surface area (Å²) in [5.74, 6) is 0.325. The van der Waals surface area contributed by atoms with Crippen LogP contribution in [0.1, 0.15) is 30.6 Å². The first-order valence-corrected chi connectivity index (χ1v) is 7.26. The molecule has 0 aliphatic heterocycles. The maximum atomic E-state index is 12.3. The van der Waals surface area contributed by atoms with Crippen molar-refractivity contribution in [1.82, 2.24) is 9.88 Å². The summed E-state index contributed by atoms with van der Waals surface area (Å²) in [5, 5.41) is 3.42. The van der Waals surface area contributed by atoms with E-state index in [2.05, 4.69) is 5.32 Å². The zero-order valence-electron chi connectivity index (χ0n) is 12.4. The predicted molar refractivity (Wildman–Crippen MR) is 84.6 cm³/mol. The molecule has 0 aliphatic carbocycles. The van der Waals surface area contributed by atoms with Crippen molar-refractivity contribution in [3.05, 3.63) is 47.2 Å². The van der Waals surface area contributed by atoms with Crippen molar-refractivity contribution in [2.75, 3.05) is 7.11 Å². The maximum Gasteiger partial charge on any atom is 0.255 e. The third-order valence-corrected chi connectivity index (χ3v) is 3.69. The quantitative estimate of drug-likeness (QED) is 0.916. The van der Waals surface area contributed by atoms with Gasteiger partial charge in [0.15, 0.2) is 0 Å². The zero-order chi connectivity index (χ0) is 15.4. The van der Waals surface area contributed by atoms with Crippen molar-refractivity contribution in [1.29, 1.82) is 0 Å². The molecule has 0 saturated carbocycles. The van der Waals surface area contributed by atoms with E-state index < -0.39 is 0 Å². The van der Waals surface area contributed by atoms with Crippen LogP contribution in [0.3, 0.4) is 0 Å². The number of rotatable bonds is 5. The molecule has 0 fully saturated rings. The average molecular weight is 307 g/mol. The van der Waals surface area contributed by atoms with Crippen LogP contribution < -0.4 is 10.1 Å². The molecule has 0 aliphatic rings. The Hall–Kier alpha value is -1.94. The van der Waals surface area contributed by atoms with Crippen LogP contribution in [0.5, 0.6) is 5.75 Å². The number of methoxy groups -OCH3 is 1. The lowest BCUT2D eigenvalue weighted by Crippen LogP contribution is -2.32. The second-order valence-electron chi connectivity index (χ2n) is 4.88. The molecule has 5 heteroatoms. The molecule has 0 radical (unpaired) electrons. The summed E-state index contributed by atoms with van der Waals surface area (Å²) in [7, 11) is 1.54. The number of carbonyl (C=O) groups is 1. The van der Waals surface area contributed by atoms with E-state index in [9.17, 15) is 4.79 Å². The summed E-state index contributed by atoms with van der Waals surface area (Å²) < 4.78 is 7.22. The van der Waals surface area contributed by atoms with Gasteiger partial charge in [0, 0.05) is 24.5 Å². The largest absolute Gasteiger partial charge is 0.496 e. The Morgan fingerprint density at radius 3 is 2.62 bits per heavy atom. The fraction of sp³-hybridized carbons (Fsp3) is 0.312. The number of hydrogen-bond acceptors (Lipinski definition) is 2. The number of ether oxygens (including phenoxy) is 1. The molecule has 21 heavy (non-hydrogen) atoms. The van der Waals surface area contributed by atoms with Gasteiger partial charge in [-0.15, -0.1) is 0 Å². The molecule has 0 spiro atoms. The molecule has 1 amide bonds. The van der Waals surface area contributed by atoms with Gasteiger partial charge in [-0.1, -0.05) is 18.5 Å². The molecule has 0 saturated heterocycles. The van der Waals surface area contributed by atoms with Gasteiger partial charge in [0.1, 0.15) is 5.75 Å². The number of halogens is 1. The Bertz CT molecular complexity index is 623. The first-order valence-electron chi connectivity index (χ1n) is 6.88. The molecular formula is C16H19ClN2O2. The van der Waals surface area contributed by atoms with E-state index in [1.54, 1.807) is 19.2 Å². The van der Waals surface area contributed by atoms with Gasteiger partial charge in [0.05, 0.1) is 23.4 Å². The lowest BCUT2D eigenvalue weighted by molar-refractivity contribution is 0.0936. The Balaban J connectivity index is 2.40. The molecule has 4 nitrogen and oxygen atoms in total. The van der Waals surface area contributed by atoms with Crippen LogP contribution in [-0.4, -0.2) is 23.6 Å². The normalized spacial score (nSPS) is 12.0. The SMILES string of the molecule is CCC(C)NC(=O)c1cc(Cl)c(-n2cccc2)cc1OC. The first-order chi connectivity index (χ1) is 10.1. The number of benzene rings is 1. The predicted octanol–water partition coefficient (Wildman–Crippen LogP) is 3.67. The van der Waals surface area contributed by atoms with Gasteiger partial charge in [0.25, 0.3) is 5.91 Å². The van der Waals surface area contributed by atoms with E-state index in [1.807, 2.05) is 42.9 Å². The van der Waals surface area contributed by atoms with Crippen LogP contribution in [0.15, 0.2) is 36.7 Å². The average Bonchev–Trinajstić information content (AvgIpc) is 3.00. The molecule has 1 N–H and O–H groups in total. The molecule has 2 rings (SSSR count). The van der Waals surface area contributed by atoms with Gasteiger partial charge in [-0.2, -0.15) is 0 Å². The fourth-order valence-electron chi connectivity index (χ4n) is 1.99. The van der Waals surface area contributed by atoms with Crippen molar-refractivity contribution in [3.8, 4) is 11.4 Å². The smallest absolute Gasteiger partial charge is 0.255 e. The van der Waals surface area contributed by atoms with Gasteiger partial charge in [-0.05, 0) is 31.5 Å². The summed E-state index contributed by atoms with van der Waals surface area (Å²) in [4.78, 5) is 12.3. The molecule has 2 aromatic rings. The van der Waals surface area contributed by atoms with Crippen LogP contribution in [-0.2, 0) is 0 Å². The monoisotopic (exact) mass is 306 g/mol. The Labute approximate surface area is 129 Å². The van der Waals surface area contributed by atoms with Crippen LogP contribution in [0.2, 0.25) is 5.02 Å². The van der Waals surface area contributed by atoms with Crippen molar-refractivity contribution >= 4 is 17.5 Å². The van der Waals surface area contributed by atoms with Crippen LogP contribution in [0, 0.1) is 0 Å². The van der Waals surface area contributed by atoms with Crippen molar-refractivity contribution in [2.45, 2.75) is 26.3 Å². The Morgan fingerprint density at radius 2 is 2.05 bits per heavy atom. The fourth-order valence-corrected chi connectivity index (χ4v) is 2.25. The molecule has 112 valence electrons. The van der Waals surface area contributed by atoms with E-state index in [0.29, 0.717) is 16.3 Å². The Kier molecular flexibility index (Phi) is 4.91. The highest BCUT2D eigenvalue weighted by atomic mass is 35.5. The van der Waals surface area contributed by atoms with Crippen LogP contribution >= 0.6 is 11.6 Å². The molecule has 1 aromatic heterocycles. The highest BCUT2D eigenvalue weighted by Crippen LogP contribution is 2.30. The van der Waals surface area contributed by atoms with Gasteiger partial charge in [0.2, 0.25) is 0 Å². The minimum absolute atomic E-state index is 0.102. The third kappa shape index (κ3) is 3.39. The topological polar surface area (TPSA) is 43.3 Å². The van der Waals surface area contributed by atoms with Crippen molar-refractivity contribution < 1.29 is 9.53 Å². The van der Waals surface area contributed by atoms with Crippen molar-refractivity contribution in [3.63, 3.8) is 0 Å². The number of aromatic nitrogens is 1. The highest BCUT2D eigenvalue weighted by molar-refractivity contribution is 6.33. The summed E-state index contributed by atoms with van der Waals surface area (Å²) in [5.41, 5.74) is 1.22. The molecule has 0 bridgehead atoms. The summed E-state index contributed by atoms with van der Waals surface area (Å²) >= 11 is 6.31. The number of nitrogens with one attached hydrogen (secondary N) is 1. The van der Waals surface area contributed by atoms with Gasteiger partial charge >= 0.3 is 0 Å². The number of hydrogen-bond donors (Lipinski definition) is 1. The Morgan fingerprint density at radius 1 is 1.38 bits per heavy atom. The zero-order valence-corrected chi connectivity index (χ0v) is 13.1. The van der Waals surface area contributed by atoms with Gasteiger partial charge in [-0.3, -0.25) is 4.79 Å². The van der Waals surface area contributed by atoms with Crippen molar-refractivity contribution in [2.24, 2.45) is 0 Å². The molecule has 1 atom stereocenters. The van der Waals surface area contributed by atoms with Gasteiger partial charge < -0.3 is 14.6 Å². The minimum atomic E-state index is -0.179. The lowest BCUT2D eigenvalue weighted by Gasteiger charge is -2.16. The molecule has 1 aromatic carbocycles. The standard InChI is InChI=1S/C16H19ClN2O2/c1-4-11(2)18-16(20)12-9-13(17)14(10-15(12)21-3)19-7-5-6-8-19/h5-11H,4H2,1-3H3,(H,18,20). The number of nitrogens with zero attached hydrogens (tertiary/aromatic N) is 1.